The maximum absolute atomic E-state index is 5.23. The summed E-state index contributed by atoms with van der Waals surface area (Å²) in [6.07, 6.45) is 5.88. The van der Waals surface area contributed by atoms with Crippen molar-refractivity contribution < 1.29 is 0 Å². The Kier molecular flexibility index (Phi) is 10.9. The van der Waals surface area contributed by atoms with Crippen LogP contribution in [0.3, 0.4) is 0 Å². The van der Waals surface area contributed by atoms with Crippen LogP contribution < -0.4 is 0 Å². The van der Waals surface area contributed by atoms with Gasteiger partial charge in [0.15, 0.2) is 0 Å². The molecule has 0 aliphatic rings. The molecule has 0 N–H and O–H groups in total. The molecule has 3 heteroatoms. The van der Waals surface area contributed by atoms with Crippen molar-refractivity contribution in [3.05, 3.63) is 88.0 Å². The second-order valence-electron chi connectivity index (χ2n) is 16.8. The Bertz CT molecular complexity index is 1500. The van der Waals surface area contributed by atoms with E-state index in [9.17, 15) is 0 Å². The molecular formula is C42H59N3. The summed E-state index contributed by atoms with van der Waals surface area (Å²) in [6.45, 7) is 33.7. The van der Waals surface area contributed by atoms with Gasteiger partial charge < -0.3 is 0 Å². The third-order valence-corrected chi connectivity index (χ3v) is 8.52. The fraction of sp³-hybridized carbons (Fsp3) is 0.500. The summed E-state index contributed by atoms with van der Waals surface area (Å²) in [5.74, 6) is 0.787. The van der Waals surface area contributed by atoms with Gasteiger partial charge in [-0.25, -0.2) is 0 Å². The summed E-state index contributed by atoms with van der Waals surface area (Å²) in [5.41, 5.74) is 10.1. The Labute approximate surface area is 275 Å². The van der Waals surface area contributed by atoms with Crippen LogP contribution >= 0.6 is 0 Å². The fourth-order valence-electron chi connectivity index (χ4n) is 5.87. The van der Waals surface area contributed by atoms with Gasteiger partial charge in [-0.1, -0.05) is 158 Å². The summed E-state index contributed by atoms with van der Waals surface area (Å²) >= 11 is 0. The highest BCUT2D eigenvalue weighted by Crippen LogP contribution is 2.42. The molecule has 3 nitrogen and oxygen atoms in total. The van der Waals surface area contributed by atoms with Crippen LogP contribution in [0.1, 0.15) is 149 Å². The number of rotatable bonds is 8. The lowest BCUT2D eigenvalue weighted by atomic mass is 9.78. The monoisotopic (exact) mass is 605 g/mol. The molecule has 242 valence electrons. The minimum absolute atomic E-state index is 0.0237. The standard InChI is InChI=1S/C42H59N3/c1-28(2)30-19-16-20-31(29(3)4)36(30)45-27-42(14,15)35-24-18-23-34(41(11,12)13)38(35)44-26-25-43-37-32(39(5,6)7)21-17-22-33(37)40(8,9)10/h16-29H,1-15H3. The highest BCUT2D eigenvalue weighted by Gasteiger charge is 2.28. The largest absolute Gasteiger partial charge is 0.260 e. The van der Waals surface area contributed by atoms with Crippen LogP contribution in [0.4, 0.5) is 17.1 Å². The van der Waals surface area contributed by atoms with Gasteiger partial charge in [0.1, 0.15) is 0 Å². The lowest BCUT2D eigenvalue weighted by molar-refractivity contribution is 0.571. The Morgan fingerprint density at radius 3 is 1.13 bits per heavy atom. The molecule has 0 spiro atoms. The van der Waals surface area contributed by atoms with Gasteiger partial charge in [-0.2, -0.15) is 0 Å². The van der Waals surface area contributed by atoms with E-state index in [1.165, 1.54) is 27.8 Å². The van der Waals surface area contributed by atoms with E-state index >= 15 is 0 Å². The first-order chi connectivity index (χ1) is 20.7. The van der Waals surface area contributed by atoms with Gasteiger partial charge in [-0.15, -0.1) is 0 Å². The average molecular weight is 606 g/mol. The van der Waals surface area contributed by atoms with Crippen molar-refractivity contribution in [2.75, 3.05) is 0 Å². The van der Waals surface area contributed by atoms with Crippen molar-refractivity contribution in [1.82, 2.24) is 0 Å². The first-order valence-electron chi connectivity index (χ1n) is 16.7. The predicted molar refractivity (Wildman–Crippen MR) is 201 cm³/mol. The zero-order valence-electron chi connectivity index (χ0n) is 30.9. The first-order valence-corrected chi connectivity index (χ1v) is 16.7. The highest BCUT2D eigenvalue weighted by atomic mass is 14.8. The van der Waals surface area contributed by atoms with E-state index in [0.29, 0.717) is 11.8 Å². The van der Waals surface area contributed by atoms with Crippen LogP contribution in [-0.2, 0) is 21.7 Å². The highest BCUT2D eigenvalue weighted by molar-refractivity contribution is 6.17. The minimum atomic E-state index is -0.359. The van der Waals surface area contributed by atoms with E-state index in [1.54, 1.807) is 0 Å². The minimum Gasteiger partial charge on any atom is -0.260 e. The average Bonchev–Trinajstić information content (AvgIpc) is 2.92. The molecule has 0 fully saturated rings. The van der Waals surface area contributed by atoms with E-state index in [4.69, 9.17) is 15.0 Å². The zero-order valence-corrected chi connectivity index (χ0v) is 30.9. The summed E-state index contributed by atoms with van der Waals surface area (Å²) in [7, 11) is 0. The Hall–Kier alpha value is -3.33. The van der Waals surface area contributed by atoms with E-state index in [2.05, 4.69) is 165 Å². The topological polar surface area (TPSA) is 37.1 Å². The van der Waals surface area contributed by atoms with Gasteiger partial charge in [0.05, 0.1) is 17.1 Å². The van der Waals surface area contributed by atoms with Crippen LogP contribution in [0.25, 0.3) is 0 Å². The van der Waals surface area contributed by atoms with Crippen LogP contribution in [-0.4, -0.2) is 18.6 Å². The van der Waals surface area contributed by atoms with Gasteiger partial charge >= 0.3 is 0 Å². The molecule has 0 saturated carbocycles. The van der Waals surface area contributed by atoms with Crippen molar-refractivity contribution in [3.8, 4) is 0 Å². The van der Waals surface area contributed by atoms with Gasteiger partial charge in [-0.3, -0.25) is 15.0 Å². The molecule has 0 aliphatic heterocycles. The van der Waals surface area contributed by atoms with Crippen molar-refractivity contribution in [1.29, 1.82) is 0 Å². The van der Waals surface area contributed by atoms with Crippen molar-refractivity contribution in [3.63, 3.8) is 0 Å². The molecule has 0 heterocycles. The summed E-state index contributed by atoms with van der Waals surface area (Å²) in [6, 6.07) is 19.7. The van der Waals surface area contributed by atoms with Gasteiger partial charge in [0.25, 0.3) is 0 Å². The number of hydrogen-bond donors (Lipinski definition) is 0. The summed E-state index contributed by atoms with van der Waals surface area (Å²) in [5, 5.41) is 0. The second-order valence-corrected chi connectivity index (χ2v) is 16.8. The number of hydrogen-bond acceptors (Lipinski definition) is 3. The van der Waals surface area contributed by atoms with Crippen LogP contribution in [0.15, 0.2) is 69.6 Å². The number of para-hydroxylation sites is 3. The van der Waals surface area contributed by atoms with E-state index in [1.807, 2.05) is 12.4 Å². The fourth-order valence-corrected chi connectivity index (χ4v) is 5.87. The molecule has 3 rings (SSSR count). The smallest absolute Gasteiger partial charge is 0.0708 e. The summed E-state index contributed by atoms with van der Waals surface area (Å²) in [4.78, 5) is 15.4. The molecule has 0 aromatic heterocycles. The van der Waals surface area contributed by atoms with Crippen molar-refractivity contribution in [2.24, 2.45) is 15.0 Å². The number of benzene rings is 3. The molecule has 0 saturated heterocycles. The molecule has 45 heavy (non-hydrogen) atoms. The van der Waals surface area contributed by atoms with Crippen molar-refractivity contribution in [2.45, 2.75) is 137 Å². The first kappa shape index (κ1) is 36.1. The number of aliphatic imine (C=N–C) groups is 3. The quantitative estimate of drug-likeness (QED) is 0.229. The molecule has 0 atom stereocenters. The van der Waals surface area contributed by atoms with Gasteiger partial charge in [0, 0.05) is 24.1 Å². The van der Waals surface area contributed by atoms with E-state index < -0.39 is 0 Å². The normalized spacial score (nSPS) is 13.8. The maximum Gasteiger partial charge on any atom is 0.0708 e. The van der Waals surface area contributed by atoms with Crippen LogP contribution in [0.2, 0.25) is 0 Å². The lowest BCUT2D eigenvalue weighted by Gasteiger charge is -2.28. The van der Waals surface area contributed by atoms with E-state index in [0.717, 1.165) is 22.6 Å². The third-order valence-electron chi connectivity index (χ3n) is 8.52. The van der Waals surface area contributed by atoms with Gasteiger partial charge in [-0.05, 0) is 61.5 Å². The molecule has 3 aromatic rings. The lowest BCUT2D eigenvalue weighted by Crippen LogP contribution is -2.21. The maximum atomic E-state index is 5.23. The Morgan fingerprint density at radius 2 is 0.778 bits per heavy atom. The third kappa shape index (κ3) is 8.69. The molecule has 3 aromatic carbocycles. The summed E-state index contributed by atoms with van der Waals surface area (Å²) < 4.78 is 0. The predicted octanol–water partition coefficient (Wildman–Crippen LogP) is 12.6. The van der Waals surface area contributed by atoms with Crippen molar-refractivity contribution >= 4 is 35.7 Å². The van der Waals surface area contributed by atoms with Gasteiger partial charge in [0.2, 0.25) is 0 Å². The molecule has 0 aliphatic carbocycles. The number of nitrogens with zero attached hydrogens (tertiary/aromatic N) is 3. The molecule has 0 unspecified atom stereocenters. The van der Waals surface area contributed by atoms with Crippen LogP contribution in [0.5, 0.6) is 0 Å². The van der Waals surface area contributed by atoms with E-state index in [-0.39, 0.29) is 21.7 Å². The molecule has 0 radical (unpaired) electrons. The molecule has 0 amide bonds. The molecular weight excluding hydrogens is 546 g/mol. The Balaban J connectivity index is 2.16. The Morgan fingerprint density at radius 1 is 0.444 bits per heavy atom. The second kappa shape index (κ2) is 13.6. The SMILES string of the molecule is CC(C)c1cccc(C(C)C)c1N=CC(C)(C)c1cccc(C(C)(C)C)c1N=CC=Nc1c(C(C)(C)C)cccc1C(C)(C)C. The molecule has 0 bridgehead atoms. The van der Waals surface area contributed by atoms with Crippen LogP contribution in [0, 0.1) is 0 Å². The zero-order chi connectivity index (χ0) is 34.0.